The second kappa shape index (κ2) is 6.71. The highest BCUT2D eigenvalue weighted by Gasteiger charge is 2.27. The van der Waals surface area contributed by atoms with Crippen molar-refractivity contribution < 1.29 is 23.1 Å². The summed E-state index contributed by atoms with van der Waals surface area (Å²) in [5.74, 6) is -1.35. The molecule has 0 bridgehead atoms. The maximum absolute atomic E-state index is 12.5. The van der Waals surface area contributed by atoms with E-state index in [1.54, 1.807) is 19.1 Å². The first-order valence-electron chi connectivity index (χ1n) is 6.20. The fourth-order valence-corrected chi connectivity index (χ4v) is 3.26. The Morgan fingerprint density at radius 2 is 2.10 bits per heavy atom. The van der Waals surface area contributed by atoms with E-state index in [0.717, 1.165) is 4.31 Å². The van der Waals surface area contributed by atoms with Gasteiger partial charge in [-0.05, 0) is 12.1 Å². The lowest BCUT2D eigenvalue weighted by Gasteiger charge is -2.22. The van der Waals surface area contributed by atoms with E-state index in [0.29, 0.717) is 5.75 Å². The molecule has 0 fully saturated rings. The number of carboxylic acid groups (broad SMARTS) is 1. The highest BCUT2D eigenvalue weighted by atomic mass is 32.2. The van der Waals surface area contributed by atoms with E-state index in [-0.39, 0.29) is 18.0 Å². The minimum atomic E-state index is -3.72. The van der Waals surface area contributed by atoms with E-state index in [4.69, 9.17) is 9.84 Å². The molecule has 1 rings (SSSR count). The lowest BCUT2D eigenvalue weighted by Crippen LogP contribution is -2.36. The van der Waals surface area contributed by atoms with Crippen molar-refractivity contribution in [1.29, 1.82) is 0 Å². The van der Waals surface area contributed by atoms with E-state index in [1.807, 2.05) is 0 Å². The first-order valence-corrected chi connectivity index (χ1v) is 7.64. The number of rotatable bonds is 7. The third-order valence-corrected chi connectivity index (χ3v) is 4.87. The van der Waals surface area contributed by atoms with Crippen LogP contribution in [0.3, 0.4) is 0 Å². The number of sulfonamides is 1. The molecule has 112 valence electrons. The Labute approximate surface area is 119 Å². The summed E-state index contributed by atoms with van der Waals surface area (Å²) in [6.45, 7) is 3.29. The molecule has 1 unspecified atom stereocenters. The Morgan fingerprint density at radius 3 is 2.60 bits per heavy atom. The van der Waals surface area contributed by atoms with Gasteiger partial charge in [0, 0.05) is 19.2 Å². The average Bonchev–Trinajstić information content (AvgIpc) is 2.44. The van der Waals surface area contributed by atoms with E-state index in [1.165, 1.54) is 26.2 Å². The van der Waals surface area contributed by atoms with Crippen LogP contribution in [0.15, 0.2) is 29.2 Å². The molecule has 0 aromatic heterocycles. The molecule has 0 radical (unpaired) electrons. The Kier molecular flexibility index (Phi) is 5.52. The molecule has 0 amide bonds. The van der Waals surface area contributed by atoms with Crippen molar-refractivity contribution in [3.63, 3.8) is 0 Å². The number of carboxylic acids is 1. The minimum Gasteiger partial charge on any atom is -0.497 e. The predicted octanol–water partition coefficient (Wildman–Crippen LogP) is 1.43. The fourth-order valence-electron chi connectivity index (χ4n) is 1.69. The summed E-state index contributed by atoms with van der Waals surface area (Å²) < 4.78 is 31.1. The average molecular weight is 301 g/mol. The van der Waals surface area contributed by atoms with Gasteiger partial charge in [0.15, 0.2) is 0 Å². The molecule has 7 heteroatoms. The summed E-state index contributed by atoms with van der Waals surface area (Å²) in [6.07, 6.45) is 0. The maximum Gasteiger partial charge on any atom is 0.307 e. The molecule has 1 atom stereocenters. The molecule has 0 aliphatic rings. The van der Waals surface area contributed by atoms with Crippen LogP contribution >= 0.6 is 0 Å². The van der Waals surface area contributed by atoms with E-state index >= 15 is 0 Å². The Balaban J connectivity index is 3.08. The van der Waals surface area contributed by atoms with Crippen LogP contribution in [-0.4, -0.2) is 44.0 Å². The number of nitrogens with zero attached hydrogens (tertiary/aromatic N) is 1. The van der Waals surface area contributed by atoms with Gasteiger partial charge in [-0.3, -0.25) is 4.79 Å². The Hall–Kier alpha value is -1.60. The Morgan fingerprint density at radius 1 is 1.45 bits per heavy atom. The quantitative estimate of drug-likeness (QED) is 0.823. The lowest BCUT2D eigenvalue weighted by molar-refractivity contribution is -0.141. The molecule has 1 aromatic carbocycles. The number of hydrogen-bond donors (Lipinski definition) is 1. The van der Waals surface area contributed by atoms with Crippen LogP contribution in [0.5, 0.6) is 5.75 Å². The van der Waals surface area contributed by atoms with Crippen molar-refractivity contribution in [3.8, 4) is 5.75 Å². The summed E-state index contributed by atoms with van der Waals surface area (Å²) in [4.78, 5) is 11.0. The summed E-state index contributed by atoms with van der Waals surface area (Å²) >= 11 is 0. The molecule has 20 heavy (non-hydrogen) atoms. The van der Waals surface area contributed by atoms with Crippen molar-refractivity contribution in [2.45, 2.75) is 18.7 Å². The number of aliphatic carboxylic acids is 1. The molecular formula is C13H19NO5S. The SMILES string of the molecule is CCN(CC(C)C(=O)O)S(=O)(=O)c1cccc(OC)c1. The third-order valence-electron chi connectivity index (χ3n) is 2.93. The predicted molar refractivity (Wildman–Crippen MR) is 74.2 cm³/mol. The first-order chi connectivity index (χ1) is 9.32. The van der Waals surface area contributed by atoms with Crippen molar-refractivity contribution in [3.05, 3.63) is 24.3 Å². The standard InChI is InChI=1S/C13H19NO5S/c1-4-14(9-10(2)13(15)16)20(17,18)12-7-5-6-11(8-12)19-3/h5-8,10H,4,9H2,1-3H3,(H,15,16). The highest BCUT2D eigenvalue weighted by Crippen LogP contribution is 2.21. The van der Waals surface area contributed by atoms with E-state index in [2.05, 4.69) is 0 Å². The van der Waals surface area contributed by atoms with Gasteiger partial charge in [-0.2, -0.15) is 4.31 Å². The molecule has 0 aliphatic carbocycles. The summed E-state index contributed by atoms with van der Waals surface area (Å²) in [5.41, 5.74) is 0. The number of methoxy groups -OCH3 is 1. The monoisotopic (exact) mass is 301 g/mol. The number of hydrogen-bond acceptors (Lipinski definition) is 4. The molecule has 0 saturated carbocycles. The zero-order valence-electron chi connectivity index (χ0n) is 11.7. The second-order valence-corrected chi connectivity index (χ2v) is 6.31. The molecule has 0 saturated heterocycles. The van der Waals surface area contributed by atoms with Crippen LogP contribution in [0.4, 0.5) is 0 Å². The fraction of sp³-hybridized carbons (Fsp3) is 0.462. The van der Waals surface area contributed by atoms with Crippen LogP contribution < -0.4 is 4.74 Å². The number of ether oxygens (including phenoxy) is 1. The van der Waals surface area contributed by atoms with Crippen LogP contribution in [0.25, 0.3) is 0 Å². The van der Waals surface area contributed by atoms with Crippen molar-refractivity contribution in [2.24, 2.45) is 5.92 Å². The second-order valence-electron chi connectivity index (χ2n) is 4.37. The van der Waals surface area contributed by atoms with Gasteiger partial charge in [0.05, 0.1) is 17.9 Å². The van der Waals surface area contributed by atoms with Gasteiger partial charge in [0.25, 0.3) is 0 Å². The summed E-state index contributed by atoms with van der Waals surface area (Å²) in [5, 5.41) is 8.90. The topological polar surface area (TPSA) is 83.9 Å². The lowest BCUT2D eigenvalue weighted by atomic mass is 10.2. The number of carbonyl (C=O) groups is 1. The van der Waals surface area contributed by atoms with Crippen LogP contribution in [0.1, 0.15) is 13.8 Å². The first kappa shape index (κ1) is 16.5. The highest BCUT2D eigenvalue weighted by molar-refractivity contribution is 7.89. The van der Waals surface area contributed by atoms with Gasteiger partial charge < -0.3 is 9.84 Å². The van der Waals surface area contributed by atoms with E-state index in [9.17, 15) is 13.2 Å². The van der Waals surface area contributed by atoms with Crippen molar-refractivity contribution in [2.75, 3.05) is 20.2 Å². The third kappa shape index (κ3) is 3.71. The van der Waals surface area contributed by atoms with Crippen LogP contribution in [-0.2, 0) is 14.8 Å². The van der Waals surface area contributed by atoms with Gasteiger partial charge in [-0.1, -0.05) is 19.9 Å². The molecule has 0 heterocycles. The minimum absolute atomic E-state index is 0.0641. The zero-order valence-corrected chi connectivity index (χ0v) is 12.6. The van der Waals surface area contributed by atoms with E-state index < -0.39 is 21.9 Å². The maximum atomic E-state index is 12.5. The normalized spacial score (nSPS) is 13.2. The van der Waals surface area contributed by atoms with Crippen molar-refractivity contribution in [1.82, 2.24) is 4.31 Å². The molecular weight excluding hydrogens is 282 g/mol. The van der Waals surface area contributed by atoms with Crippen molar-refractivity contribution >= 4 is 16.0 Å². The van der Waals surface area contributed by atoms with Gasteiger partial charge in [-0.15, -0.1) is 0 Å². The van der Waals surface area contributed by atoms with Gasteiger partial charge in [0.2, 0.25) is 10.0 Å². The zero-order chi connectivity index (χ0) is 15.3. The summed E-state index contributed by atoms with van der Waals surface area (Å²) in [7, 11) is -2.27. The van der Waals surface area contributed by atoms with Crippen LogP contribution in [0, 0.1) is 5.92 Å². The Bertz CT molecular complexity index is 570. The van der Waals surface area contributed by atoms with Gasteiger partial charge in [0.1, 0.15) is 5.75 Å². The number of benzene rings is 1. The van der Waals surface area contributed by atoms with Gasteiger partial charge >= 0.3 is 5.97 Å². The summed E-state index contributed by atoms with van der Waals surface area (Å²) in [6, 6.07) is 6.12. The van der Waals surface area contributed by atoms with Crippen LogP contribution in [0.2, 0.25) is 0 Å². The largest absolute Gasteiger partial charge is 0.497 e. The molecule has 0 aliphatic heterocycles. The smallest absolute Gasteiger partial charge is 0.307 e. The molecule has 0 spiro atoms. The van der Waals surface area contributed by atoms with Gasteiger partial charge in [-0.25, -0.2) is 8.42 Å². The molecule has 1 aromatic rings. The molecule has 1 N–H and O–H groups in total. The molecule has 6 nitrogen and oxygen atoms in total.